The average Bonchev–Trinajstić information content (AvgIpc) is 2.88. The summed E-state index contributed by atoms with van der Waals surface area (Å²) < 4.78 is 1.65. The molecule has 2 heterocycles. The van der Waals surface area contributed by atoms with E-state index in [1.165, 1.54) is 17.7 Å². The Bertz CT molecular complexity index is 438. The van der Waals surface area contributed by atoms with Gasteiger partial charge in [-0.1, -0.05) is 0 Å². The van der Waals surface area contributed by atoms with E-state index in [1.54, 1.807) is 17.2 Å². The first-order chi connectivity index (χ1) is 7.75. The van der Waals surface area contributed by atoms with Crippen molar-refractivity contribution >= 4 is 22.4 Å². The number of amides is 1. The smallest absolute Gasteiger partial charge is 0.228 e. The number of aromatic nitrogens is 4. The molecule has 0 aliphatic heterocycles. The summed E-state index contributed by atoms with van der Waals surface area (Å²) in [6, 6.07) is -0.0116. The van der Waals surface area contributed by atoms with Gasteiger partial charge in [-0.05, 0) is 6.92 Å². The molecule has 2 aromatic heterocycles. The molecular formula is C9H11N5OS. The van der Waals surface area contributed by atoms with Crippen molar-refractivity contribution in [2.45, 2.75) is 19.4 Å². The third-order valence-corrected chi connectivity index (χ3v) is 2.74. The van der Waals surface area contributed by atoms with Crippen LogP contribution < -0.4 is 5.32 Å². The van der Waals surface area contributed by atoms with Crippen LogP contribution in [-0.4, -0.2) is 25.7 Å². The van der Waals surface area contributed by atoms with E-state index in [9.17, 15) is 4.79 Å². The second kappa shape index (κ2) is 4.84. The third-order valence-electron chi connectivity index (χ3n) is 2.05. The van der Waals surface area contributed by atoms with Crippen LogP contribution in [0.2, 0.25) is 0 Å². The van der Waals surface area contributed by atoms with Crippen molar-refractivity contribution in [2.75, 3.05) is 5.32 Å². The van der Waals surface area contributed by atoms with Crippen molar-refractivity contribution in [2.24, 2.45) is 0 Å². The van der Waals surface area contributed by atoms with E-state index in [2.05, 4.69) is 20.4 Å². The minimum Gasteiger partial charge on any atom is -0.302 e. The predicted octanol–water partition coefficient (Wildman–Crippen LogP) is 1.32. The maximum absolute atomic E-state index is 11.6. The number of nitrogens with zero attached hydrogens (tertiary/aromatic N) is 4. The predicted molar refractivity (Wildman–Crippen MR) is 60.1 cm³/mol. The van der Waals surface area contributed by atoms with E-state index in [1.807, 2.05) is 12.3 Å². The van der Waals surface area contributed by atoms with Crippen LogP contribution in [0.5, 0.6) is 0 Å². The molecule has 0 aliphatic rings. The van der Waals surface area contributed by atoms with Gasteiger partial charge in [-0.3, -0.25) is 4.79 Å². The summed E-state index contributed by atoms with van der Waals surface area (Å²) in [7, 11) is 0. The van der Waals surface area contributed by atoms with E-state index in [4.69, 9.17) is 0 Å². The maximum Gasteiger partial charge on any atom is 0.228 e. The first-order valence-electron chi connectivity index (χ1n) is 4.79. The summed E-state index contributed by atoms with van der Waals surface area (Å²) in [5, 5.41) is 9.14. The second-order valence-corrected chi connectivity index (χ2v) is 4.21. The quantitative estimate of drug-likeness (QED) is 0.870. The molecule has 1 atom stereocenters. The van der Waals surface area contributed by atoms with Crippen molar-refractivity contribution in [3.63, 3.8) is 0 Å². The molecule has 0 radical (unpaired) electrons. The van der Waals surface area contributed by atoms with Gasteiger partial charge in [0.2, 0.25) is 5.91 Å². The van der Waals surface area contributed by atoms with E-state index in [-0.39, 0.29) is 11.9 Å². The molecule has 0 unspecified atom stereocenters. The fraction of sp³-hybridized carbons (Fsp3) is 0.333. The molecule has 6 nitrogen and oxygen atoms in total. The number of nitrogens with one attached hydrogen (secondary N) is 1. The normalized spacial score (nSPS) is 12.3. The van der Waals surface area contributed by atoms with Crippen LogP contribution in [0.4, 0.5) is 5.13 Å². The fourth-order valence-electron chi connectivity index (χ4n) is 1.26. The van der Waals surface area contributed by atoms with E-state index in [0.29, 0.717) is 11.6 Å². The maximum atomic E-state index is 11.6. The van der Waals surface area contributed by atoms with Gasteiger partial charge in [0.05, 0.1) is 6.04 Å². The van der Waals surface area contributed by atoms with E-state index >= 15 is 0 Å². The van der Waals surface area contributed by atoms with Gasteiger partial charge in [-0.2, -0.15) is 5.10 Å². The second-order valence-electron chi connectivity index (χ2n) is 3.31. The van der Waals surface area contributed by atoms with Gasteiger partial charge in [0, 0.05) is 18.0 Å². The van der Waals surface area contributed by atoms with Crippen molar-refractivity contribution in [3.8, 4) is 0 Å². The summed E-state index contributed by atoms with van der Waals surface area (Å²) in [5.41, 5.74) is 0. The lowest BCUT2D eigenvalue weighted by atomic mass is 10.2. The van der Waals surface area contributed by atoms with Crippen molar-refractivity contribution in [1.82, 2.24) is 19.7 Å². The SMILES string of the molecule is C[C@H](CC(=O)Nc1nccs1)n1cncn1. The lowest BCUT2D eigenvalue weighted by Crippen LogP contribution is -2.17. The summed E-state index contributed by atoms with van der Waals surface area (Å²) in [4.78, 5) is 19.4. The molecule has 7 heteroatoms. The van der Waals surface area contributed by atoms with Gasteiger partial charge in [0.25, 0.3) is 0 Å². The molecule has 2 rings (SSSR count). The van der Waals surface area contributed by atoms with Gasteiger partial charge >= 0.3 is 0 Å². The Kier molecular flexibility index (Phi) is 3.25. The minimum atomic E-state index is -0.0713. The third kappa shape index (κ3) is 2.63. The molecule has 16 heavy (non-hydrogen) atoms. The highest BCUT2D eigenvalue weighted by atomic mass is 32.1. The average molecular weight is 237 g/mol. The molecule has 0 saturated carbocycles. The molecule has 0 bridgehead atoms. The van der Waals surface area contributed by atoms with Gasteiger partial charge in [0.15, 0.2) is 5.13 Å². The summed E-state index contributed by atoms with van der Waals surface area (Å²) >= 11 is 1.40. The highest BCUT2D eigenvalue weighted by molar-refractivity contribution is 7.13. The van der Waals surface area contributed by atoms with Gasteiger partial charge in [-0.15, -0.1) is 11.3 Å². The van der Waals surface area contributed by atoms with Crippen LogP contribution in [0.15, 0.2) is 24.2 Å². The summed E-state index contributed by atoms with van der Waals surface area (Å²) in [6.45, 7) is 1.91. The number of anilines is 1. The van der Waals surface area contributed by atoms with E-state index < -0.39 is 0 Å². The van der Waals surface area contributed by atoms with Crippen LogP contribution >= 0.6 is 11.3 Å². The van der Waals surface area contributed by atoms with Gasteiger partial charge in [-0.25, -0.2) is 14.6 Å². The number of hydrogen-bond donors (Lipinski definition) is 1. The molecule has 0 spiro atoms. The monoisotopic (exact) mass is 237 g/mol. The largest absolute Gasteiger partial charge is 0.302 e. The standard InChI is InChI=1S/C9H11N5OS/c1-7(14-6-10-5-12-14)4-8(15)13-9-11-2-3-16-9/h2-3,5-7H,4H2,1H3,(H,11,13,15)/t7-/m1/s1. The van der Waals surface area contributed by atoms with Gasteiger partial charge in [0.1, 0.15) is 12.7 Å². The Morgan fingerprint density at radius 2 is 2.56 bits per heavy atom. The molecule has 0 aromatic carbocycles. The van der Waals surface area contributed by atoms with Crippen LogP contribution in [0.3, 0.4) is 0 Å². The Hall–Kier alpha value is -1.76. The minimum absolute atomic E-state index is 0.0116. The van der Waals surface area contributed by atoms with Crippen LogP contribution in [0.25, 0.3) is 0 Å². The Labute approximate surface area is 96.3 Å². The van der Waals surface area contributed by atoms with E-state index in [0.717, 1.165) is 0 Å². The molecule has 1 amide bonds. The molecule has 0 fully saturated rings. The number of hydrogen-bond acceptors (Lipinski definition) is 5. The Morgan fingerprint density at radius 1 is 1.69 bits per heavy atom. The molecule has 2 aromatic rings. The zero-order valence-electron chi connectivity index (χ0n) is 8.70. The molecule has 1 N–H and O–H groups in total. The number of thiazole rings is 1. The lowest BCUT2D eigenvalue weighted by molar-refractivity contribution is -0.116. The highest BCUT2D eigenvalue weighted by Gasteiger charge is 2.11. The number of carbonyl (C=O) groups excluding carboxylic acids is 1. The van der Waals surface area contributed by atoms with Crippen LogP contribution in [-0.2, 0) is 4.79 Å². The number of carbonyl (C=O) groups is 1. The van der Waals surface area contributed by atoms with Gasteiger partial charge < -0.3 is 5.32 Å². The van der Waals surface area contributed by atoms with Crippen LogP contribution in [0, 0.1) is 0 Å². The topological polar surface area (TPSA) is 72.7 Å². The number of rotatable bonds is 4. The Morgan fingerprint density at radius 3 is 3.19 bits per heavy atom. The molecule has 84 valence electrons. The first kappa shape index (κ1) is 10.7. The van der Waals surface area contributed by atoms with Crippen molar-refractivity contribution in [3.05, 3.63) is 24.2 Å². The van der Waals surface area contributed by atoms with Crippen molar-refractivity contribution in [1.29, 1.82) is 0 Å². The molecule has 0 aliphatic carbocycles. The Balaban J connectivity index is 1.88. The van der Waals surface area contributed by atoms with Crippen molar-refractivity contribution < 1.29 is 4.79 Å². The molecule has 0 saturated heterocycles. The summed E-state index contributed by atoms with van der Waals surface area (Å²) in [5.74, 6) is -0.0713. The fourth-order valence-corrected chi connectivity index (χ4v) is 1.81. The lowest BCUT2D eigenvalue weighted by Gasteiger charge is -2.10. The van der Waals surface area contributed by atoms with Crippen LogP contribution in [0.1, 0.15) is 19.4 Å². The summed E-state index contributed by atoms with van der Waals surface area (Å²) in [6.07, 6.45) is 5.06. The zero-order chi connectivity index (χ0) is 11.4. The molecular weight excluding hydrogens is 226 g/mol. The zero-order valence-corrected chi connectivity index (χ0v) is 9.52. The highest BCUT2D eigenvalue weighted by Crippen LogP contribution is 2.13. The first-order valence-corrected chi connectivity index (χ1v) is 5.67.